The van der Waals surface area contributed by atoms with E-state index in [1.165, 1.54) is 11.3 Å². The van der Waals surface area contributed by atoms with Crippen LogP contribution in [0.1, 0.15) is 45.6 Å². The molecule has 0 amide bonds. The highest BCUT2D eigenvalue weighted by Crippen LogP contribution is 2.39. The Labute approximate surface area is 136 Å². The average Bonchev–Trinajstić information content (AvgIpc) is 2.46. The van der Waals surface area contributed by atoms with Crippen molar-refractivity contribution < 1.29 is 9.16 Å². The van der Waals surface area contributed by atoms with Gasteiger partial charge in [-0.2, -0.15) is 0 Å². The maximum Gasteiger partial charge on any atom is 0.250 e. The van der Waals surface area contributed by atoms with E-state index >= 15 is 0 Å². The lowest BCUT2D eigenvalue weighted by atomic mass is 10.0. The Kier molecular flexibility index (Phi) is 5.51. The van der Waals surface area contributed by atoms with Gasteiger partial charge in [0.15, 0.2) is 0 Å². The lowest BCUT2D eigenvalue weighted by Crippen LogP contribution is -2.40. The fourth-order valence-corrected chi connectivity index (χ4v) is 3.45. The molecule has 0 bridgehead atoms. The van der Waals surface area contributed by atoms with Crippen LogP contribution in [-0.4, -0.2) is 14.4 Å². The zero-order valence-corrected chi connectivity index (χ0v) is 15.7. The summed E-state index contributed by atoms with van der Waals surface area (Å²) in [5, 5.41) is 0.258. The van der Waals surface area contributed by atoms with Crippen molar-refractivity contribution in [3.63, 3.8) is 0 Å². The number of rotatable bonds is 5. The number of benzene rings is 1. The van der Waals surface area contributed by atoms with Gasteiger partial charge in [-0.3, -0.25) is 0 Å². The van der Waals surface area contributed by atoms with Crippen molar-refractivity contribution in [3.05, 3.63) is 47.7 Å². The van der Waals surface area contributed by atoms with E-state index < -0.39 is 8.32 Å². The summed E-state index contributed by atoms with van der Waals surface area (Å²) in [6.07, 6.45) is 5.61. The van der Waals surface area contributed by atoms with Gasteiger partial charge in [-0.05, 0) is 42.6 Å². The molecule has 1 atom stereocenters. The van der Waals surface area contributed by atoms with Crippen molar-refractivity contribution in [2.24, 2.45) is 0 Å². The molecular weight excluding hydrogens is 288 g/mol. The van der Waals surface area contributed by atoms with Crippen molar-refractivity contribution in [1.82, 2.24) is 0 Å². The van der Waals surface area contributed by atoms with Crippen LogP contribution in [0.4, 0.5) is 0 Å². The van der Waals surface area contributed by atoms with Gasteiger partial charge >= 0.3 is 0 Å². The van der Waals surface area contributed by atoms with Crippen molar-refractivity contribution in [1.29, 1.82) is 0 Å². The van der Waals surface area contributed by atoms with Gasteiger partial charge in [-0.1, -0.05) is 51.1 Å². The Morgan fingerprint density at radius 3 is 2.36 bits per heavy atom. The Bertz CT molecular complexity index is 500. The molecule has 0 saturated carbocycles. The second-order valence-electron chi connectivity index (χ2n) is 7.73. The molecule has 122 valence electrons. The molecule has 3 heteroatoms. The van der Waals surface area contributed by atoms with E-state index in [9.17, 15) is 0 Å². The van der Waals surface area contributed by atoms with Gasteiger partial charge in [0.1, 0.15) is 0 Å². The number of ether oxygens (including phenoxy) is 1. The average molecular weight is 319 g/mol. The second kappa shape index (κ2) is 7.01. The predicted octanol–water partition coefficient (Wildman–Crippen LogP) is 5.66. The van der Waals surface area contributed by atoms with Crippen LogP contribution in [0.3, 0.4) is 0 Å². The molecule has 1 aliphatic carbocycles. The molecule has 1 unspecified atom stereocenters. The first-order valence-electron chi connectivity index (χ1n) is 8.31. The van der Waals surface area contributed by atoms with Gasteiger partial charge in [-0.25, -0.2) is 0 Å². The summed E-state index contributed by atoms with van der Waals surface area (Å²) < 4.78 is 12.4. The highest BCUT2D eigenvalue weighted by atomic mass is 28.4. The fraction of sp³-hybridized carbons (Fsp3) is 0.579. The van der Waals surface area contributed by atoms with Crippen LogP contribution in [0.5, 0.6) is 0 Å². The lowest BCUT2D eigenvalue weighted by molar-refractivity contribution is 0.0310. The summed E-state index contributed by atoms with van der Waals surface area (Å²) in [6.45, 7) is 12.2. The van der Waals surface area contributed by atoms with E-state index in [0.717, 1.165) is 19.3 Å². The minimum atomic E-state index is -1.69. The third kappa shape index (κ3) is 4.72. The van der Waals surface area contributed by atoms with Crippen LogP contribution in [-0.2, 0) is 15.8 Å². The largest absolute Gasteiger partial charge is 0.547 e. The standard InChI is InChI=1S/C19H30O2Si/c1-19(2,3)22(4,5)21-18-13-11-17(12-14-18)20-15-16-9-7-6-8-10-16/h6-10,13,17H,11-12,14-15H2,1-5H3. The Balaban J connectivity index is 1.82. The van der Waals surface area contributed by atoms with Gasteiger partial charge in [0.05, 0.1) is 18.5 Å². The fourth-order valence-electron chi connectivity index (χ4n) is 2.30. The summed E-state index contributed by atoms with van der Waals surface area (Å²) >= 11 is 0. The number of hydrogen-bond acceptors (Lipinski definition) is 2. The molecule has 2 rings (SSSR count). The molecule has 2 nitrogen and oxygen atoms in total. The van der Waals surface area contributed by atoms with E-state index in [1.807, 2.05) is 6.07 Å². The number of allylic oxidation sites excluding steroid dienone is 1. The molecule has 0 heterocycles. The molecule has 22 heavy (non-hydrogen) atoms. The molecule has 0 aromatic heterocycles. The van der Waals surface area contributed by atoms with E-state index in [2.05, 4.69) is 64.2 Å². The third-order valence-corrected chi connectivity index (χ3v) is 9.23. The van der Waals surface area contributed by atoms with Gasteiger partial charge in [0.2, 0.25) is 8.32 Å². The highest BCUT2D eigenvalue weighted by molar-refractivity contribution is 6.74. The Morgan fingerprint density at radius 1 is 1.14 bits per heavy atom. The van der Waals surface area contributed by atoms with E-state index in [-0.39, 0.29) is 5.04 Å². The minimum Gasteiger partial charge on any atom is -0.547 e. The minimum absolute atomic E-state index is 0.258. The molecule has 1 aromatic rings. The van der Waals surface area contributed by atoms with Crippen molar-refractivity contribution >= 4 is 8.32 Å². The van der Waals surface area contributed by atoms with Crippen LogP contribution in [0.25, 0.3) is 0 Å². The van der Waals surface area contributed by atoms with Gasteiger partial charge < -0.3 is 9.16 Å². The van der Waals surface area contributed by atoms with Crippen molar-refractivity contribution in [3.8, 4) is 0 Å². The molecule has 0 saturated heterocycles. The monoisotopic (exact) mass is 318 g/mol. The van der Waals surface area contributed by atoms with E-state index in [1.54, 1.807) is 0 Å². The molecule has 1 aliphatic rings. The van der Waals surface area contributed by atoms with Gasteiger partial charge in [-0.15, -0.1) is 0 Å². The molecule has 1 aromatic carbocycles. The number of hydrogen-bond donors (Lipinski definition) is 0. The maximum absolute atomic E-state index is 6.40. The van der Waals surface area contributed by atoms with Crippen LogP contribution >= 0.6 is 0 Å². The summed E-state index contributed by atoms with van der Waals surface area (Å²) in [4.78, 5) is 0. The summed E-state index contributed by atoms with van der Waals surface area (Å²) in [6, 6.07) is 10.4. The summed E-state index contributed by atoms with van der Waals surface area (Å²) in [5.74, 6) is 1.19. The summed E-state index contributed by atoms with van der Waals surface area (Å²) in [7, 11) is -1.69. The van der Waals surface area contributed by atoms with Gasteiger partial charge in [0.25, 0.3) is 0 Å². The van der Waals surface area contributed by atoms with E-state index in [0.29, 0.717) is 12.7 Å². The van der Waals surface area contributed by atoms with E-state index in [4.69, 9.17) is 9.16 Å². The lowest BCUT2D eigenvalue weighted by Gasteiger charge is -2.38. The first-order valence-corrected chi connectivity index (χ1v) is 11.2. The highest BCUT2D eigenvalue weighted by Gasteiger charge is 2.39. The third-order valence-electron chi connectivity index (χ3n) is 4.84. The first-order chi connectivity index (χ1) is 10.3. The van der Waals surface area contributed by atoms with Crippen LogP contribution in [0.15, 0.2) is 42.2 Å². The molecule has 0 radical (unpaired) electrons. The smallest absolute Gasteiger partial charge is 0.250 e. The topological polar surface area (TPSA) is 18.5 Å². The molecular formula is C19H30O2Si. The predicted molar refractivity (Wildman–Crippen MR) is 95.2 cm³/mol. The van der Waals surface area contributed by atoms with Crippen LogP contribution in [0.2, 0.25) is 18.1 Å². The van der Waals surface area contributed by atoms with Crippen LogP contribution < -0.4 is 0 Å². The quantitative estimate of drug-likeness (QED) is 0.652. The molecule has 0 N–H and O–H groups in total. The van der Waals surface area contributed by atoms with Crippen molar-refractivity contribution in [2.75, 3.05) is 0 Å². The Morgan fingerprint density at radius 2 is 1.82 bits per heavy atom. The van der Waals surface area contributed by atoms with Gasteiger partial charge in [0, 0.05) is 6.42 Å². The summed E-state index contributed by atoms with van der Waals surface area (Å²) in [5.41, 5.74) is 1.25. The maximum atomic E-state index is 6.40. The zero-order valence-electron chi connectivity index (χ0n) is 14.7. The zero-order chi connectivity index (χ0) is 16.2. The molecule has 0 fully saturated rings. The normalized spacial score (nSPS) is 19.7. The molecule has 0 spiro atoms. The first kappa shape index (κ1) is 17.3. The van der Waals surface area contributed by atoms with Crippen molar-refractivity contribution in [2.45, 2.75) is 70.9 Å². The van der Waals surface area contributed by atoms with Crippen LogP contribution in [0, 0.1) is 0 Å². The molecule has 0 aliphatic heterocycles. The SMILES string of the molecule is CC(C)(C)[Si](C)(C)OC1=CCC(OCc2ccccc2)CC1. The Hall–Kier alpha value is -1.06. The second-order valence-corrected chi connectivity index (χ2v) is 12.5.